The smallest absolute Gasteiger partial charge is 0.231 e. The van der Waals surface area contributed by atoms with E-state index in [1.54, 1.807) is 7.11 Å². The number of nitrogens with one attached hydrogen (secondary N) is 1. The maximum absolute atomic E-state index is 5.62. The normalized spacial score (nSPS) is 15.5. The molecule has 2 atom stereocenters. The molecule has 0 aliphatic rings. The summed E-state index contributed by atoms with van der Waals surface area (Å²) in [5.41, 5.74) is -0.428. The van der Waals surface area contributed by atoms with E-state index in [0.717, 1.165) is 19.4 Å². The standard InChI is InChI=1S/C14H27N3O2/c1-7-14(8-2,18-6)13-16-12(19-17-13)10(4)11(5)15-9-3/h10-11,15H,7-9H2,1-6H3. The average molecular weight is 269 g/mol. The molecule has 19 heavy (non-hydrogen) atoms. The van der Waals surface area contributed by atoms with Crippen molar-refractivity contribution in [3.05, 3.63) is 11.7 Å². The Hall–Kier alpha value is -0.940. The second-order valence-corrected chi connectivity index (χ2v) is 5.00. The zero-order valence-corrected chi connectivity index (χ0v) is 13.0. The van der Waals surface area contributed by atoms with Crippen LogP contribution < -0.4 is 5.32 Å². The van der Waals surface area contributed by atoms with Crippen LogP contribution in [0.15, 0.2) is 4.52 Å². The number of aromatic nitrogens is 2. The minimum atomic E-state index is -0.428. The molecule has 2 unspecified atom stereocenters. The molecule has 1 rings (SSSR count). The van der Waals surface area contributed by atoms with Crippen molar-refractivity contribution in [3.63, 3.8) is 0 Å². The summed E-state index contributed by atoms with van der Waals surface area (Å²) in [4.78, 5) is 4.56. The van der Waals surface area contributed by atoms with Gasteiger partial charge >= 0.3 is 0 Å². The van der Waals surface area contributed by atoms with Crippen LogP contribution in [-0.4, -0.2) is 29.8 Å². The van der Waals surface area contributed by atoms with Crippen molar-refractivity contribution < 1.29 is 9.26 Å². The van der Waals surface area contributed by atoms with Gasteiger partial charge in [-0.05, 0) is 26.3 Å². The van der Waals surface area contributed by atoms with E-state index < -0.39 is 5.60 Å². The molecule has 0 saturated carbocycles. The minimum absolute atomic E-state index is 0.185. The van der Waals surface area contributed by atoms with Crippen molar-refractivity contribution in [1.82, 2.24) is 15.5 Å². The lowest BCUT2D eigenvalue weighted by Gasteiger charge is -2.26. The summed E-state index contributed by atoms with van der Waals surface area (Å²) in [5.74, 6) is 1.52. The Labute approximate surface area is 116 Å². The highest BCUT2D eigenvalue weighted by molar-refractivity contribution is 5.04. The lowest BCUT2D eigenvalue weighted by atomic mass is 9.96. The number of hydrogen-bond donors (Lipinski definition) is 1. The van der Waals surface area contributed by atoms with E-state index in [-0.39, 0.29) is 5.92 Å². The van der Waals surface area contributed by atoms with Crippen LogP contribution in [0, 0.1) is 0 Å². The average Bonchev–Trinajstić information content (AvgIpc) is 2.91. The van der Waals surface area contributed by atoms with Gasteiger partial charge in [0.15, 0.2) is 0 Å². The molecule has 5 nitrogen and oxygen atoms in total. The fourth-order valence-corrected chi connectivity index (χ4v) is 2.26. The summed E-state index contributed by atoms with van der Waals surface area (Å²) in [6.07, 6.45) is 1.66. The van der Waals surface area contributed by atoms with Gasteiger partial charge in [-0.2, -0.15) is 4.98 Å². The van der Waals surface area contributed by atoms with Gasteiger partial charge in [0, 0.05) is 13.2 Å². The molecule has 0 spiro atoms. The van der Waals surface area contributed by atoms with Gasteiger partial charge in [-0.3, -0.25) is 0 Å². The molecule has 0 aromatic carbocycles. The van der Waals surface area contributed by atoms with Crippen LogP contribution >= 0.6 is 0 Å². The Morgan fingerprint density at radius 1 is 1.26 bits per heavy atom. The van der Waals surface area contributed by atoms with Gasteiger partial charge in [-0.25, -0.2) is 0 Å². The number of likely N-dealkylation sites (N-methyl/N-ethyl adjacent to an activating group) is 1. The van der Waals surface area contributed by atoms with Crippen LogP contribution in [0.4, 0.5) is 0 Å². The first-order valence-electron chi connectivity index (χ1n) is 7.17. The van der Waals surface area contributed by atoms with Gasteiger partial charge in [0.05, 0.1) is 5.92 Å². The lowest BCUT2D eigenvalue weighted by Crippen LogP contribution is -2.31. The monoisotopic (exact) mass is 269 g/mol. The topological polar surface area (TPSA) is 60.2 Å². The molecule has 0 fully saturated rings. The Kier molecular flexibility index (Phi) is 5.94. The highest BCUT2D eigenvalue weighted by Crippen LogP contribution is 2.31. The van der Waals surface area contributed by atoms with Crippen LogP contribution in [0.3, 0.4) is 0 Å². The van der Waals surface area contributed by atoms with E-state index in [9.17, 15) is 0 Å². The first-order chi connectivity index (χ1) is 9.04. The van der Waals surface area contributed by atoms with E-state index in [1.807, 2.05) is 0 Å². The maximum Gasteiger partial charge on any atom is 0.231 e. The summed E-state index contributed by atoms with van der Waals surface area (Å²) in [5, 5.41) is 7.50. The molecule has 0 amide bonds. The number of ether oxygens (including phenoxy) is 1. The number of nitrogens with zero attached hydrogens (tertiary/aromatic N) is 2. The highest BCUT2D eigenvalue weighted by atomic mass is 16.5. The highest BCUT2D eigenvalue weighted by Gasteiger charge is 2.34. The zero-order chi connectivity index (χ0) is 14.5. The number of hydrogen-bond acceptors (Lipinski definition) is 5. The van der Waals surface area contributed by atoms with Gasteiger partial charge in [-0.15, -0.1) is 0 Å². The van der Waals surface area contributed by atoms with Crippen molar-refractivity contribution in [2.45, 2.75) is 65.0 Å². The van der Waals surface area contributed by atoms with E-state index in [2.05, 4.69) is 50.1 Å². The van der Waals surface area contributed by atoms with Crippen molar-refractivity contribution in [3.8, 4) is 0 Å². The third-order valence-electron chi connectivity index (χ3n) is 4.05. The molecule has 0 radical (unpaired) electrons. The molecule has 1 N–H and O–H groups in total. The number of rotatable bonds is 8. The molecule has 1 heterocycles. The SMILES string of the molecule is CCNC(C)C(C)c1nc(C(CC)(CC)OC)no1. The molecule has 110 valence electrons. The Balaban J connectivity index is 2.92. The van der Waals surface area contributed by atoms with Crippen molar-refractivity contribution in [2.75, 3.05) is 13.7 Å². The molecule has 1 aromatic heterocycles. The third kappa shape index (κ3) is 3.34. The summed E-state index contributed by atoms with van der Waals surface area (Å²) in [7, 11) is 1.70. The summed E-state index contributed by atoms with van der Waals surface area (Å²) in [6, 6.07) is 0.304. The van der Waals surface area contributed by atoms with Crippen LogP contribution in [0.1, 0.15) is 65.1 Å². The van der Waals surface area contributed by atoms with Crippen LogP contribution in [-0.2, 0) is 10.3 Å². The first-order valence-corrected chi connectivity index (χ1v) is 7.17. The molecule has 0 aliphatic heterocycles. The predicted octanol–water partition coefficient (Wildman–Crippen LogP) is 2.83. The van der Waals surface area contributed by atoms with Gasteiger partial charge in [0.25, 0.3) is 0 Å². The largest absolute Gasteiger partial charge is 0.370 e. The lowest BCUT2D eigenvalue weighted by molar-refractivity contribution is -0.0306. The third-order valence-corrected chi connectivity index (χ3v) is 4.05. The van der Waals surface area contributed by atoms with Crippen LogP contribution in [0.5, 0.6) is 0 Å². The first kappa shape index (κ1) is 16.1. The molecule has 0 saturated heterocycles. The van der Waals surface area contributed by atoms with Crippen molar-refractivity contribution in [1.29, 1.82) is 0 Å². The number of methoxy groups -OCH3 is 1. The van der Waals surface area contributed by atoms with Gasteiger partial charge in [0.1, 0.15) is 5.60 Å². The quantitative estimate of drug-likeness (QED) is 0.786. The molecular weight excluding hydrogens is 242 g/mol. The second-order valence-electron chi connectivity index (χ2n) is 5.00. The van der Waals surface area contributed by atoms with Crippen molar-refractivity contribution in [2.24, 2.45) is 0 Å². The summed E-state index contributed by atoms with van der Waals surface area (Å²) < 4.78 is 11.0. The fraction of sp³-hybridized carbons (Fsp3) is 0.857. The minimum Gasteiger partial charge on any atom is -0.370 e. The van der Waals surface area contributed by atoms with E-state index in [4.69, 9.17) is 9.26 Å². The van der Waals surface area contributed by atoms with Crippen molar-refractivity contribution >= 4 is 0 Å². The molecular formula is C14H27N3O2. The predicted molar refractivity (Wildman–Crippen MR) is 75.1 cm³/mol. The Morgan fingerprint density at radius 2 is 1.89 bits per heavy atom. The molecule has 1 aromatic rings. The maximum atomic E-state index is 5.62. The van der Waals surface area contributed by atoms with Crippen LogP contribution in [0.25, 0.3) is 0 Å². The molecule has 5 heteroatoms. The van der Waals surface area contributed by atoms with Gasteiger partial charge in [0.2, 0.25) is 11.7 Å². The Morgan fingerprint density at radius 3 is 2.37 bits per heavy atom. The van der Waals surface area contributed by atoms with Crippen LogP contribution in [0.2, 0.25) is 0 Å². The van der Waals surface area contributed by atoms with E-state index in [1.165, 1.54) is 0 Å². The van der Waals surface area contributed by atoms with E-state index >= 15 is 0 Å². The summed E-state index contributed by atoms with van der Waals surface area (Å²) >= 11 is 0. The van der Waals surface area contributed by atoms with Gasteiger partial charge in [-0.1, -0.05) is 32.9 Å². The Bertz CT molecular complexity index is 366. The fourth-order valence-electron chi connectivity index (χ4n) is 2.26. The van der Waals surface area contributed by atoms with Gasteiger partial charge < -0.3 is 14.6 Å². The zero-order valence-electron chi connectivity index (χ0n) is 13.0. The second kappa shape index (κ2) is 7.01. The molecule has 0 bridgehead atoms. The molecule has 0 aliphatic carbocycles. The summed E-state index contributed by atoms with van der Waals surface area (Å²) in [6.45, 7) is 11.4. The van der Waals surface area contributed by atoms with E-state index in [0.29, 0.717) is 17.8 Å².